The van der Waals surface area contributed by atoms with E-state index in [0.717, 1.165) is 31.6 Å². The van der Waals surface area contributed by atoms with Gasteiger partial charge in [0.25, 0.3) is 0 Å². The van der Waals surface area contributed by atoms with E-state index in [1.165, 1.54) is 58.0 Å². The molecule has 21 heavy (non-hydrogen) atoms. The van der Waals surface area contributed by atoms with Crippen molar-refractivity contribution in [2.45, 2.75) is 71.4 Å². The number of hydrogen-bond acceptors (Lipinski definition) is 2. The van der Waals surface area contributed by atoms with Gasteiger partial charge in [-0.2, -0.15) is 0 Å². The molecule has 2 heterocycles. The highest BCUT2D eigenvalue weighted by molar-refractivity contribution is 4.93. The summed E-state index contributed by atoms with van der Waals surface area (Å²) in [5.41, 5.74) is -0.00586. The second kappa shape index (κ2) is 8.50. The SMILES string of the molecule is CCCCCCC1(N2CC(C)CC(CC)C2)COCC[N]1. The molecule has 0 aromatic carbocycles. The zero-order valence-electron chi connectivity index (χ0n) is 14.4. The van der Waals surface area contributed by atoms with Crippen LogP contribution in [0.15, 0.2) is 0 Å². The summed E-state index contributed by atoms with van der Waals surface area (Å²) >= 11 is 0. The van der Waals surface area contributed by atoms with Crippen LogP contribution in [0.4, 0.5) is 0 Å². The van der Waals surface area contributed by atoms with Crippen molar-refractivity contribution in [2.24, 2.45) is 11.8 Å². The highest BCUT2D eigenvalue weighted by atomic mass is 16.5. The summed E-state index contributed by atoms with van der Waals surface area (Å²) in [7, 11) is 0. The average molecular weight is 295 g/mol. The summed E-state index contributed by atoms with van der Waals surface area (Å²) in [5, 5.41) is 5.09. The molecule has 3 unspecified atom stereocenters. The molecule has 0 saturated carbocycles. The fourth-order valence-electron chi connectivity index (χ4n) is 4.05. The summed E-state index contributed by atoms with van der Waals surface area (Å²) in [6.45, 7) is 12.0. The van der Waals surface area contributed by atoms with Crippen molar-refractivity contribution < 1.29 is 4.74 Å². The molecule has 0 bridgehead atoms. The van der Waals surface area contributed by atoms with E-state index < -0.39 is 0 Å². The molecule has 1 radical (unpaired) electrons. The topological polar surface area (TPSA) is 26.6 Å². The molecular weight excluding hydrogens is 260 g/mol. The Morgan fingerprint density at radius 3 is 2.71 bits per heavy atom. The van der Waals surface area contributed by atoms with Crippen molar-refractivity contribution >= 4 is 0 Å². The zero-order valence-corrected chi connectivity index (χ0v) is 14.4. The van der Waals surface area contributed by atoms with E-state index in [-0.39, 0.29) is 5.66 Å². The van der Waals surface area contributed by atoms with Crippen LogP contribution < -0.4 is 5.32 Å². The first kappa shape index (κ1) is 17.2. The van der Waals surface area contributed by atoms with Crippen LogP contribution in [-0.2, 0) is 4.74 Å². The summed E-state index contributed by atoms with van der Waals surface area (Å²) < 4.78 is 5.86. The first-order valence-electron chi connectivity index (χ1n) is 9.21. The summed E-state index contributed by atoms with van der Waals surface area (Å²) in [6.07, 6.45) is 9.17. The van der Waals surface area contributed by atoms with Crippen molar-refractivity contribution in [3.05, 3.63) is 0 Å². The maximum atomic E-state index is 5.86. The molecular formula is C18H35N2O. The van der Waals surface area contributed by atoms with Crippen LogP contribution in [-0.4, -0.2) is 43.4 Å². The lowest BCUT2D eigenvalue weighted by Crippen LogP contribution is -2.64. The number of nitrogens with zero attached hydrogens (tertiary/aromatic N) is 2. The highest BCUT2D eigenvalue weighted by Crippen LogP contribution is 2.32. The predicted molar refractivity (Wildman–Crippen MR) is 88.4 cm³/mol. The van der Waals surface area contributed by atoms with E-state index in [2.05, 4.69) is 25.7 Å². The molecule has 123 valence electrons. The molecule has 0 amide bonds. The number of piperidine rings is 1. The molecule has 2 aliphatic heterocycles. The van der Waals surface area contributed by atoms with Crippen LogP contribution in [0.3, 0.4) is 0 Å². The molecule has 2 fully saturated rings. The van der Waals surface area contributed by atoms with Crippen molar-refractivity contribution in [3.8, 4) is 0 Å². The van der Waals surface area contributed by atoms with Gasteiger partial charge in [-0.05, 0) is 24.7 Å². The fourth-order valence-corrected chi connectivity index (χ4v) is 4.05. The van der Waals surface area contributed by atoms with Crippen molar-refractivity contribution in [2.75, 3.05) is 32.8 Å². The van der Waals surface area contributed by atoms with Gasteiger partial charge < -0.3 is 4.74 Å². The zero-order chi connectivity index (χ0) is 15.1. The molecule has 3 atom stereocenters. The lowest BCUT2D eigenvalue weighted by molar-refractivity contribution is -0.0935. The van der Waals surface area contributed by atoms with Gasteiger partial charge in [0.1, 0.15) is 5.66 Å². The minimum Gasteiger partial charge on any atom is -0.377 e. The Balaban J connectivity index is 1.99. The van der Waals surface area contributed by atoms with Crippen molar-refractivity contribution in [3.63, 3.8) is 0 Å². The summed E-state index contributed by atoms with van der Waals surface area (Å²) in [4.78, 5) is 2.68. The standard InChI is InChI=1S/C18H35N2O/c1-4-6-7-8-9-18(15-21-11-10-19-18)20-13-16(3)12-17(5-2)14-20/h16-17H,4-15H2,1-3H3. The van der Waals surface area contributed by atoms with E-state index in [0.29, 0.717) is 0 Å². The van der Waals surface area contributed by atoms with E-state index in [1.54, 1.807) is 0 Å². The Morgan fingerprint density at radius 1 is 1.19 bits per heavy atom. The van der Waals surface area contributed by atoms with Crippen molar-refractivity contribution in [1.82, 2.24) is 10.2 Å². The molecule has 2 rings (SSSR count). The van der Waals surface area contributed by atoms with Gasteiger partial charge in [-0.25, -0.2) is 5.32 Å². The normalized spacial score (nSPS) is 35.0. The Hall–Kier alpha value is -0.120. The van der Waals surface area contributed by atoms with Crippen LogP contribution in [0.5, 0.6) is 0 Å². The van der Waals surface area contributed by atoms with Gasteiger partial charge >= 0.3 is 0 Å². The predicted octanol–water partition coefficient (Wildman–Crippen LogP) is 3.66. The lowest BCUT2D eigenvalue weighted by Gasteiger charge is -2.50. The molecule has 2 aliphatic rings. The lowest BCUT2D eigenvalue weighted by atomic mass is 9.85. The molecule has 3 nitrogen and oxygen atoms in total. The fraction of sp³-hybridized carbons (Fsp3) is 1.00. The van der Waals surface area contributed by atoms with Crippen LogP contribution in [0.1, 0.15) is 65.7 Å². The van der Waals surface area contributed by atoms with E-state index in [4.69, 9.17) is 10.1 Å². The molecule has 0 aromatic heterocycles. The number of hydrogen-bond donors (Lipinski definition) is 0. The largest absolute Gasteiger partial charge is 0.377 e. The Bertz CT molecular complexity index is 289. The van der Waals surface area contributed by atoms with Crippen molar-refractivity contribution in [1.29, 1.82) is 0 Å². The van der Waals surface area contributed by atoms with E-state index in [1.807, 2.05) is 0 Å². The van der Waals surface area contributed by atoms with Crippen LogP contribution in [0, 0.1) is 11.8 Å². The van der Waals surface area contributed by atoms with Gasteiger partial charge in [-0.1, -0.05) is 52.9 Å². The number of ether oxygens (including phenoxy) is 1. The first-order chi connectivity index (χ1) is 10.2. The van der Waals surface area contributed by atoms with Gasteiger partial charge in [-0.15, -0.1) is 0 Å². The maximum Gasteiger partial charge on any atom is 0.111 e. The van der Waals surface area contributed by atoms with Gasteiger partial charge in [0.05, 0.1) is 13.2 Å². The van der Waals surface area contributed by atoms with Crippen LogP contribution >= 0.6 is 0 Å². The average Bonchev–Trinajstić information content (AvgIpc) is 2.52. The van der Waals surface area contributed by atoms with Gasteiger partial charge in [0.2, 0.25) is 0 Å². The first-order valence-corrected chi connectivity index (χ1v) is 9.21. The molecule has 0 N–H and O–H groups in total. The monoisotopic (exact) mass is 295 g/mol. The summed E-state index contributed by atoms with van der Waals surface area (Å²) in [6, 6.07) is 0. The third-order valence-corrected chi connectivity index (χ3v) is 5.32. The third-order valence-electron chi connectivity index (χ3n) is 5.32. The number of likely N-dealkylation sites (tertiary alicyclic amines) is 1. The van der Waals surface area contributed by atoms with Gasteiger partial charge in [-0.3, -0.25) is 4.90 Å². The van der Waals surface area contributed by atoms with Crippen LogP contribution in [0.2, 0.25) is 0 Å². The van der Waals surface area contributed by atoms with E-state index in [9.17, 15) is 0 Å². The Kier molecular flexibility index (Phi) is 6.97. The molecule has 2 saturated heterocycles. The van der Waals surface area contributed by atoms with Gasteiger partial charge in [0, 0.05) is 19.6 Å². The number of rotatable bonds is 7. The summed E-state index contributed by atoms with van der Waals surface area (Å²) in [5.74, 6) is 1.65. The Labute approximate surface area is 131 Å². The molecule has 0 spiro atoms. The maximum absolute atomic E-state index is 5.86. The quantitative estimate of drug-likeness (QED) is 0.670. The van der Waals surface area contributed by atoms with Gasteiger partial charge in [0.15, 0.2) is 0 Å². The minimum atomic E-state index is -0.00586. The smallest absolute Gasteiger partial charge is 0.111 e. The van der Waals surface area contributed by atoms with E-state index >= 15 is 0 Å². The third kappa shape index (κ3) is 4.67. The molecule has 0 aromatic rings. The second-order valence-electron chi connectivity index (χ2n) is 7.25. The second-order valence-corrected chi connectivity index (χ2v) is 7.25. The Morgan fingerprint density at radius 2 is 2.05 bits per heavy atom. The number of unbranched alkanes of at least 4 members (excludes halogenated alkanes) is 3. The van der Waals surface area contributed by atoms with Crippen LogP contribution in [0.25, 0.3) is 0 Å². The molecule has 0 aliphatic carbocycles. The minimum absolute atomic E-state index is 0.00586. The highest BCUT2D eigenvalue weighted by Gasteiger charge is 2.42. The number of morpholine rings is 1. The molecule has 3 heteroatoms.